The number of aliphatic hydroxyl groups is 1. The van der Waals surface area contributed by atoms with Crippen LogP contribution in [0.3, 0.4) is 0 Å². The molecular formula is C25H29ClN6O2S. The first kappa shape index (κ1) is 23.1. The van der Waals surface area contributed by atoms with Gasteiger partial charge in [-0.1, -0.05) is 11.6 Å². The number of aliphatic hydroxyl groups excluding tert-OH is 1. The van der Waals surface area contributed by atoms with Crippen molar-refractivity contribution in [3.05, 3.63) is 34.4 Å². The zero-order chi connectivity index (χ0) is 24.2. The third-order valence-corrected chi connectivity index (χ3v) is 10.2. The number of anilines is 2. The first-order valence-corrected chi connectivity index (χ1v) is 14.1. The summed E-state index contributed by atoms with van der Waals surface area (Å²) in [7, 11) is -1.17. The van der Waals surface area contributed by atoms with Crippen molar-refractivity contribution in [2.45, 2.75) is 67.7 Å². The summed E-state index contributed by atoms with van der Waals surface area (Å²) >= 11 is 5.94. The van der Waals surface area contributed by atoms with Gasteiger partial charge in [-0.05, 0) is 56.9 Å². The molecule has 2 aliphatic carbocycles. The molecule has 35 heavy (non-hydrogen) atoms. The molecule has 2 N–H and O–H groups in total. The Bertz CT molecular complexity index is 1200. The van der Waals surface area contributed by atoms with E-state index in [4.69, 9.17) is 16.6 Å². The van der Waals surface area contributed by atoms with Gasteiger partial charge in [-0.2, -0.15) is 5.26 Å². The molecule has 0 amide bonds. The average molecular weight is 513 g/mol. The Labute approximate surface area is 212 Å². The van der Waals surface area contributed by atoms with Crippen LogP contribution in [0.2, 0.25) is 5.02 Å². The third-order valence-electron chi connectivity index (χ3n) is 8.51. The zero-order valence-corrected chi connectivity index (χ0v) is 21.2. The Kier molecular flexibility index (Phi) is 5.74. The van der Waals surface area contributed by atoms with Crippen LogP contribution in [-0.2, 0) is 17.2 Å². The second kappa shape index (κ2) is 8.68. The summed E-state index contributed by atoms with van der Waals surface area (Å²) < 4.78 is 12.8. The van der Waals surface area contributed by atoms with E-state index in [1.54, 1.807) is 12.4 Å². The van der Waals surface area contributed by atoms with Gasteiger partial charge in [0.25, 0.3) is 0 Å². The number of pyridine rings is 1. The summed E-state index contributed by atoms with van der Waals surface area (Å²) in [5, 5.41) is 24.0. The summed E-state index contributed by atoms with van der Waals surface area (Å²) in [6.45, 7) is 1.77. The summed E-state index contributed by atoms with van der Waals surface area (Å²) in [4.78, 5) is 16.6. The zero-order valence-electron chi connectivity index (χ0n) is 19.6. The number of halogens is 1. The van der Waals surface area contributed by atoms with Crippen LogP contribution in [0.15, 0.2) is 17.3 Å². The van der Waals surface area contributed by atoms with E-state index in [0.29, 0.717) is 45.2 Å². The van der Waals surface area contributed by atoms with Crippen LogP contribution < -0.4 is 10.2 Å². The molecule has 4 aliphatic rings. The molecule has 2 saturated carbocycles. The van der Waals surface area contributed by atoms with Crippen molar-refractivity contribution in [1.29, 1.82) is 5.26 Å². The lowest BCUT2D eigenvalue weighted by Crippen LogP contribution is -2.58. The summed E-state index contributed by atoms with van der Waals surface area (Å²) in [5.41, 5.74) is 1.28. The molecule has 1 atom stereocenters. The Morgan fingerprint density at radius 1 is 1.23 bits per heavy atom. The highest BCUT2D eigenvalue weighted by Gasteiger charge is 2.48. The quantitative estimate of drug-likeness (QED) is 0.625. The van der Waals surface area contributed by atoms with Gasteiger partial charge in [0, 0.05) is 42.6 Å². The lowest BCUT2D eigenvalue weighted by Gasteiger charge is -2.54. The molecule has 0 bridgehead atoms. The first-order chi connectivity index (χ1) is 16.9. The van der Waals surface area contributed by atoms with E-state index in [1.807, 2.05) is 0 Å². The van der Waals surface area contributed by atoms with Crippen LogP contribution in [0.4, 0.5) is 11.6 Å². The molecule has 4 heterocycles. The number of nitriles is 1. The van der Waals surface area contributed by atoms with Crippen molar-refractivity contribution in [2.75, 3.05) is 35.7 Å². The van der Waals surface area contributed by atoms with Gasteiger partial charge in [0.2, 0.25) is 0 Å². The van der Waals surface area contributed by atoms with Crippen LogP contribution in [0.5, 0.6) is 0 Å². The fourth-order valence-corrected chi connectivity index (χ4v) is 7.73. The summed E-state index contributed by atoms with van der Waals surface area (Å²) in [6, 6.07) is 2.38. The van der Waals surface area contributed by atoms with E-state index >= 15 is 0 Å². The molecule has 0 radical (unpaired) electrons. The van der Waals surface area contributed by atoms with Crippen molar-refractivity contribution in [1.82, 2.24) is 15.0 Å². The predicted molar refractivity (Wildman–Crippen MR) is 134 cm³/mol. The van der Waals surface area contributed by atoms with E-state index in [2.05, 4.69) is 26.3 Å². The molecule has 8 nitrogen and oxygen atoms in total. The van der Waals surface area contributed by atoms with Gasteiger partial charge in [-0.3, -0.25) is 4.21 Å². The highest BCUT2D eigenvalue weighted by molar-refractivity contribution is 7.85. The highest BCUT2D eigenvalue weighted by atomic mass is 35.5. The van der Waals surface area contributed by atoms with Crippen LogP contribution in [0.25, 0.3) is 0 Å². The maximum Gasteiger partial charge on any atom is 0.149 e. The van der Waals surface area contributed by atoms with E-state index in [1.165, 1.54) is 0 Å². The van der Waals surface area contributed by atoms with Crippen LogP contribution in [-0.4, -0.2) is 55.3 Å². The van der Waals surface area contributed by atoms with Gasteiger partial charge in [-0.15, -0.1) is 0 Å². The van der Waals surface area contributed by atoms with Crippen molar-refractivity contribution in [3.8, 4) is 6.07 Å². The Hall–Kier alpha value is -2.28. The number of hydrogen-bond donors (Lipinski definition) is 2. The first-order valence-electron chi connectivity index (χ1n) is 12.4. The minimum absolute atomic E-state index is 0.0246. The molecule has 1 spiro atoms. The van der Waals surface area contributed by atoms with Crippen molar-refractivity contribution in [3.63, 3.8) is 0 Å². The van der Waals surface area contributed by atoms with Crippen molar-refractivity contribution in [2.24, 2.45) is 5.41 Å². The molecule has 10 heteroatoms. The highest BCUT2D eigenvalue weighted by Crippen LogP contribution is 2.50. The van der Waals surface area contributed by atoms with Gasteiger partial charge in [0.15, 0.2) is 0 Å². The van der Waals surface area contributed by atoms with Gasteiger partial charge in [0.05, 0.1) is 38.4 Å². The van der Waals surface area contributed by atoms with E-state index in [9.17, 15) is 14.6 Å². The predicted octanol–water partition coefficient (Wildman–Crippen LogP) is 3.55. The Balaban J connectivity index is 1.22. The largest absolute Gasteiger partial charge is 0.394 e. The number of hydrogen-bond acceptors (Lipinski definition) is 8. The maximum atomic E-state index is 12.8. The molecule has 6 rings (SSSR count). The monoisotopic (exact) mass is 512 g/mol. The fraction of sp³-hybridized carbons (Fsp3) is 0.600. The molecule has 3 fully saturated rings. The second-order valence-electron chi connectivity index (χ2n) is 10.7. The van der Waals surface area contributed by atoms with Crippen LogP contribution >= 0.6 is 11.6 Å². The Morgan fingerprint density at radius 2 is 1.94 bits per heavy atom. The molecular weight excluding hydrogens is 484 g/mol. The topological polar surface area (TPSA) is 115 Å². The number of fused-ring (bicyclic) bond motifs is 1. The van der Waals surface area contributed by atoms with Gasteiger partial charge in [-0.25, -0.2) is 15.0 Å². The Morgan fingerprint density at radius 3 is 2.54 bits per heavy atom. The maximum absolute atomic E-state index is 12.8. The molecule has 2 aliphatic heterocycles. The molecule has 2 aromatic heterocycles. The summed E-state index contributed by atoms with van der Waals surface area (Å²) in [6.07, 6.45) is 11.0. The number of nitrogens with zero attached hydrogens (tertiary/aromatic N) is 5. The number of rotatable bonds is 5. The third kappa shape index (κ3) is 3.90. The van der Waals surface area contributed by atoms with Crippen LogP contribution in [0, 0.1) is 16.7 Å². The van der Waals surface area contributed by atoms with Gasteiger partial charge < -0.3 is 15.3 Å². The smallest absolute Gasteiger partial charge is 0.149 e. The standard InChI is InChI=1S/C25H29ClN6O2S/c26-17-11-28-21(29-12-17)16-2-7-24(8-3-16)13-32(14-24)23-19(10-27)18-4-9-35(34)20(18)22(30-23)31-25(15-33)5-1-6-25/h11-12,16,33H,1-9,13-15H2,(H,30,31)/t35-/m1/s1. The lowest BCUT2D eigenvalue weighted by atomic mass is 9.65. The molecule has 0 unspecified atom stereocenters. The van der Waals surface area contributed by atoms with Gasteiger partial charge in [0.1, 0.15) is 23.5 Å². The van der Waals surface area contributed by atoms with E-state index < -0.39 is 16.3 Å². The second-order valence-corrected chi connectivity index (χ2v) is 12.6. The average Bonchev–Trinajstić information content (AvgIpc) is 3.22. The fourth-order valence-electron chi connectivity index (χ4n) is 6.24. The lowest BCUT2D eigenvalue weighted by molar-refractivity contribution is 0.125. The number of aromatic nitrogens is 3. The van der Waals surface area contributed by atoms with Crippen molar-refractivity contribution >= 4 is 34.0 Å². The van der Waals surface area contributed by atoms with Crippen LogP contribution in [0.1, 0.15) is 67.8 Å². The minimum Gasteiger partial charge on any atom is -0.394 e. The van der Waals surface area contributed by atoms with Crippen molar-refractivity contribution < 1.29 is 9.32 Å². The van der Waals surface area contributed by atoms with Gasteiger partial charge >= 0.3 is 0 Å². The number of nitrogens with one attached hydrogen (secondary N) is 1. The molecule has 1 saturated heterocycles. The SMILES string of the molecule is N#Cc1c(N2CC3(CCC(c4ncc(Cl)cn4)CC3)C2)nc(NC2(CO)CCC2)c2c1CC[S@]2=O. The minimum atomic E-state index is -1.17. The van der Waals surface area contributed by atoms with E-state index in [0.717, 1.165) is 69.4 Å². The molecule has 2 aromatic rings. The summed E-state index contributed by atoms with van der Waals surface area (Å²) in [5.74, 6) is 3.07. The molecule has 0 aromatic carbocycles. The van der Waals surface area contributed by atoms with E-state index in [-0.39, 0.29) is 12.0 Å². The normalized spacial score (nSPS) is 24.4. The molecule has 184 valence electrons.